The Morgan fingerprint density at radius 3 is 2.38 bits per heavy atom. The molecule has 29 heavy (non-hydrogen) atoms. The Labute approximate surface area is 177 Å². The molecule has 1 aliphatic rings. The SMILES string of the molecule is C/C=C(/C=O)C=NC(/C=C(/C)F)CC.C=CC.CCC(C)C1=CC=C(N)CC=C1. The molecule has 0 heterocycles. The highest BCUT2D eigenvalue weighted by Crippen LogP contribution is 2.18. The summed E-state index contributed by atoms with van der Waals surface area (Å²) >= 11 is 0. The van der Waals surface area contributed by atoms with Crippen LogP contribution in [0.4, 0.5) is 4.39 Å². The summed E-state index contributed by atoms with van der Waals surface area (Å²) in [6, 6.07) is -0.185. The third-order valence-corrected chi connectivity index (χ3v) is 4.06. The summed E-state index contributed by atoms with van der Waals surface area (Å²) in [6.45, 7) is 14.8. The highest BCUT2D eigenvalue weighted by molar-refractivity contribution is 6.01. The molecule has 0 fully saturated rings. The highest BCUT2D eigenvalue weighted by atomic mass is 19.1. The van der Waals surface area contributed by atoms with Crippen LogP contribution in [-0.4, -0.2) is 18.5 Å². The van der Waals surface area contributed by atoms with E-state index < -0.39 is 0 Å². The molecular formula is C25H39FN2O. The Kier molecular flexibility index (Phi) is 18.7. The highest BCUT2D eigenvalue weighted by Gasteiger charge is 2.03. The van der Waals surface area contributed by atoms with Crippen LogP contribution in [0.2, 0.25) is 0 Å². The van der Waals surface area contributed by atoms with Crippen molar-refractivity contribution >= 4 is 12.5 Å². The van der Waals surface area contributed by atoms with Gasteiger partial charge in [-0.3, -0.25) is 9.79 Å². The number of hydrogen-bond donors (Lipinski definition) is 1. The van der Waals surface area contributed by atoms with Gasteiger partial charge in [-0.1, -0.05) is 51.2 Å². The van der Waals surface area contributed by atoms with Gasteiger partial charge >= 0.3 is 0 Å². The van der Waals surface area contributed by atoms with Crippen LogP contribution in [0.5, 0.6) is 0 Å². The van der Waals surface area contributed by atoms with E-state index in [9.17, 15) is 9.18 Å². The van der Waals surface area contributed by atoms with E-state index in [1.807, 2.05) is 19.9 Å². The molecule has 162 valence electrons. The van der Waals surface area contributed by atoms with Crippen molar-refractivity contribution < 1.29 is 9.18 Å². The number of nitrogens with zero attached hydrogens (tertiary/aromatic N) is 1. The normalized spacial score (nSPS) is 16.2. The van der Waals surface area contributed by atoms with E-state index in [2.05, 4.69) is 43.6 Å². The molecule has 0 amide bonds. The standard InChI is InChI=1S/C11H16FNO.C11H17N.C3H6/c1-4-10(8-14)7-13-11(5-2)6-9(3)12;1-3-9(2)10-5-4-6-11(12)8-7-10;1-3-2/h4,6-8,11H,5H2,1-3H3;4-5,7-9H,3,6,12H2,1-2H3;3H,1H2,2H3/b9-6-,10-4+,13-7?;;. The molecule has 0 aromatic heterocycles. The topological polar surface area (TPSA) is 55.5 Å². The van der Waals surface area contributed by atoms with Gasteiger partial charge in [-0.25, -0.2) is 4.39 Å². The Morgan fingerprint density at radius 1 is 1.31 bits per heavy atom. The molecule has 0 radical (unpaired) electrons. The van der Waals surface area contributed by atoms with Gasteiger partial charge in [0, 0.05) is 23.9 Å². The summed E-state index contributed by atoms with van der Waals surface area (Å²) < 4.78 is 12.5. The summed E-state index contributed by atoms with van der Waals surface area (Å²) in [5.41, 5.74) is 8.55. The molecule has 0 aromatic carbocycles. The van der Waals surface area contributed by atoms with Crippen LogP contribution < -0.4 is 5.73 Å². The lowest BCUT2D eigenvalue weighted by Crippen LogP contribution is -2.00. The zero-order valence-electron chi connectivity index (χ0n) is 19.0. The molecule has 3 nitrogen and oxygen atoms in total. The van der Waals surface area contributed by atoms with Crippen LogP contribution >= 0.6 is 0 Å². The summed E-state index contributed by atoms with van der Waals surface area (Å²) in [4.78, 5) is 14.5. The molecule has 0 aliphatic heterocycles. The predicted molar refractivity (Wildman–Crippen MR) is 127 cm³/mol. The monoisotopic (exact) mass is 402 g/mol. The fourth-order valence-corrected chi connectivity index (χ4v) is 2.11. The fraction of sp³-hybridized carbons (Fsp3) is 0.440. The first-order chi connectivity index (χ1) is 13.8. The van der Waals surface area contributed by atoms with E-state index in [1.54, 1.807) is 19.1 Å². The quantitative estimate of drug-likeness (QED) is 0.220. The van der Waals surface area contributed by atoms with Gasteiger partial charge < -0.3 is 5.73 Å². The Bertz CT molecular complexity index is 648. The lowest BCUT2D eigenvalue weighted by Gasteiger charge is -2.07. The second-order valence-electron chi connectivity index (χ2n) is 6.65. The molecule has 0 saturated heterocycles. The van der Waals surface area contributed by atoms with E-state index in [1.165, 1.54) is 31.2 Å². The lowest BCUT2D eigenvalue weighted by atomic mass is 9.98. The fourth-order valence-electron chi connectivity index (χ4n) is 2.11. The largest absolute Gasteiger partial charge is 0.402 e. The van der Waals surface area contributed by atoms with E-state index in [-0.39, 0.29) is 11.9 Å². The van der Waals surface area contributed by atoms with Crippen LogP contribution in [0.3, 0.4) is 0 Å². The summed E-state index contributed by atoms with van der Waals surface area (Å²) in [7, 11) is 0. The zero-order chi connectivity index (χ0) is 22.7. The molecule has 0 spiro atoms. The number of halogens is 1. The molecule has 2 N–H and O–H groups in total. The van der Waals surface area contributed by atoms with Gasteiger partial charge in [0.15, 0.2) is 6.29 Å². The Balaban J connectivity index is 0. The summed E-state index contributed by atoms with van der Waals surface area (Å²) in [5, 5.41) is 0. The minimum Gasteiger partial charge on any atom is -0.402 e. The van der Waals surface area contributed by atoms with Crippen LogP contribution in [0.15, 0.2) is 76.8 Å². The van der Waals surface area contributed by atoms with E-state index in [4.69, 9.17) is 5.73 Å². The van der Waals surface area contributed by atoms with Gasteiger partial charge in [-0.15, -0.1) is 6.58 Å². The van der Waals surface area contributed by atoms with E-state index in [0.29, 0.717) is 17.9 Å². The number of aliphatic imine (C=N–C) groups is 1. The average molecular weight is 403 g/mol. The van der Waals surface area contributed by atoms with Gasteiger partial charge in [-0.2, -0.15) is 0 Å². The summed E-state index contributed by atoms with van der Waals surface area (Å²) in [5.74, 6) is 0.394. The van der Waals surface area contributed by atoms with Crippen molar-refractivity contribution in [3.05, 3.63) is 71.8 Å². The number of nitrogens with two attached hydrogens (primary N) is 1. The molecule has 1 rings (SSSR count). The Morgan fingerprint density at radius 2 is 1.93 bits per heavy atom. The third kappa shape index (κ3) is 16.2. The molecule has 4 heteroatoms. The number of carbonyl (C=O) groups excluding carboxylic acids is 1. The third-order valence-electron chi connectivity index (χ3n) is 4.06. The van der Waals surface area contributed by atoms with Gasteiger partial charge in [-0.05, 0) is 57.3 Å². The van der Waals surface area contributed by atoms with Crippen molar-refractivity contribution in [1.82, 2.24) is 0 Å². The predicted octanol–water partition coefficient (Wildman–Crippen LogP) is 6.81. The molecule has 0 bridgehead atoms. The van der Waals surface area contributed by atoms with Crippen LogP contribution in [0.1, 0.15) is 60.8 Å². The maximum absolute atomic E-state index is 12.5. The zero-order valence-corrected chi connectivity index (χ0v) is 19.0. The number of hydrogen-bond acceptors (Lipinski definition) is 3. The first-order valence-corrected chi connectivity index (χ1v) is 10.2. The van der Waals surface area contributed by atoms with Crippen LogP contribution in [0.25, 0.3) is 0 Å². The molecule has 1 aliphatic carbocycles. The Hall–Kier alpha value is -2.49. The molecule has 0 aromatic rings. The van der Waals surface area contributed by atoms with Gasteiger partial charge in [0.05, 0.1) is 11.9 Å². The van der Waals surface area contributed by atoms with Crippen molar-refractivity contribution in [3.63, 3.8) is 0 Å². The molecule has 0 saturated carbocycles. The van der Waals surface area contributed by atoms with Gasteiger partial charge in [0.1, 0.15) is 0 Å². The maximum Gasteiger partial charge on any atom is 0.151 e. The second kappa shape index (κ2) is 18.9. The van der Waals surface area contributed by atoms with Gasteiger partial charge in [0.25, 0.3) is 0 Å². The maximum atomic E-state index is 12.5. The van der Waals surface area contributed by atoms with Crippen molar-refractivity contribution in [3.8, 4) is 0 Å². The van der Waals surface area contributed by atoms with E-state index in [0.717, 1.165) is 18.4 Å². The van der Waals surface area contributed by atoms with Crippen molar-refractivity contribution in [2.24, 2.45) is 16.6 Å². The van der Waals surface area contributed by atoms with Crippen LogP contribution in [0, 0.1) is 5.92 Å². The van der Waals surface area contributed by atoms with Crippen LogP contribution in [-0.2, 0) is 4.79 Å². The smallest absolute Gasteiger partial charge is 0.151 e. The van der Waals surface area contributed by atoms with Crippen molar-refractivity contribution in [2.75, 3.05) is 0 Å². The number of aldehydes is 1. The number of carbonyl (C=O) groups is 1. The summed E-state index contributed by atoms with van der Waals surface area (Å²) in [6.07, 6.45) is 18.3. The number of rotatable bonds is 7. The minimum atomic E-state index is -0.248. The van der Waals surface area contributed by atoms with Crippen molar-refractivity contribution in [1.29, 1.82) is 0 Å². The molecule has 2 unspecified atom stereocenters. The molecular weight excluding hydrogens is 363 g/mol. The number of allylic oxidation sites excluding steroid dienone is 9. The second-order valence-corrected chi connectivity index (χ2v) is 6.65. The minimum absolute atomic E-state index is 0.185. The first kappa shape index (κ1) is 28.7. The van der Waals surface area contributed by atoms with Gasteiger partial charge in [0.2, 0.25) is 0 Å². The van der Waals surface area contributed by atoms with E-state index >= 15 is 0 Å². The lowest BCUT2D eigenvalue weighted by molar-refractivity contribution is -0.104. The average Bonchev–Trinajstić information content (AvgIpc) is 2.92. The molecule has 2 atom stereocenters. The first-order valence-electron chi connectivity index (χ1n) is 10.2. The van der Waals surface area contributed by atoms with Crippen molar-refractivity contribution in [2.45, 2.75) is 66.8 Å².